The molecule has 0 unspecified atom stereocenters. The van der Waals surface area contributed by atoms with E-state index in [1.54, 1.807) is 0 Å². The van der Waals surface area contributed by atoms with Crippen LogP contribution < -0.4 is 0 Å². The fourth-order valence-electron chi connectivity index (χ4n) is 2.04. The van der Waals surface area contributed by atoms with Crippen LogP contribution in [0.1, 0.15) is 35.4 Å². The summed E-state index contributed by atoms with van der Waals surface area (Å²) in [5.74, 6) is 0. The maximum Gasteiger partial charge on any atom is 0.0227 e. The fourth-order valence-corrected chi connectivity index (χ4v) is 2.04. The molecule has 1 aliphatic carbocycles. The number of aromatic nitrogens is 1. The predicted molar refractivity (Wildman–Crippen MR) is 56.9 cm³/mol. The molecule has 0 spiro atoms. The summed E-state index contributed by atoms with van der Waals surface area (Å²) in [7, 11) is 0. The Balaban J connectivity index is 2.62. The smallest absolute Gasteiger partial charge is 0.0227 e. The van der Waals surface area contributed by atoms with E-state index in [0.717, 1.165) is 0 Å². The summed E-state index contributed by atoms with van der Waals surface area (Å²) in [5.41, 5.74) is 7.23. The van der Waals surface area contributed by atoms with Gasteiger partial charge in [-0.15, -0.1) is 0 Å². The van der Waals surface area contributed by atoms with Crippen molar-refractivity contribution in [3.05, 3.63) is 28.6 Å². The maximum absolute atomic E-state index is 2.41. The second kappa shape index (κ2) is 2.76. The summed E-state index contributed by atoms with van der Waals surface area (Å²) in [6.45, 7) is 8.86. The van der Waals surface area contributed by atoms with E-state index in [4.69, 9.17) is 0 Å². The molecule has 1 nitrogen and oxygen atoms in total. The third-order valence-corrected chi connectivity index (χ3v) is 3.39. The molecule has 1 aromatic rings. The van der Waals surface area contributed by atoms with Crippen molar-refractivity contribution >= 4 is 5.70 Å². The van der Waals surface area contributed by atoms with Crippen molar-refractivity contribution < 1.29 is 0 Å². The molecule has 1 heterocycles. The topological polar surface area (TPSA) is 4.93 Å². The van der Waals surface area contributed by atoms with Crippen LogP contribution >= 0.6 is 0 Å². The Morgan fingerprint density at radius 3 is 1.77 bits per heavy atom. The lowest BCUT2D eigenvalue weighted by Crippen LogP contribution is -2.06. The van der Waals surface area contributed by atoms with Gasteiger partial charge in [0.2, 0.25) is 0 Å². The fraction of sp³-hybridized carbons (Fsp3) is 0.500. The van der Waals surface area contributed by atoms with Crippen LogP contribution in [-0.2, 0) is 0 Å². The lowest BCUT2D eigenvalue weighted by Gasteiger charge is -2.19. The average molecular weight is 175 g/mol. The van der Waals surface area contributed by atoms with Gasteiger partial charge in [-0.05, 0) is 51.7 Å². The Labute approximate surface area is 80.1 Å². The third kappa shape index (κ3) is 1.06. The summed E-state index contributed by atoms with van der Waals surface area (Å²) in [6.07, 6.45) is 4.83. The van der Waals surface area contributed by atoms with E-state index < -0.39 is 0 Å². The van der Waals surface area contributed by atoms with Crippen LogP contribution in [0.2, 0.25) is 0 Å². The van der Waals surface area contributed by atoms with Gasteiger partial charge >= 0.3 is 0 Å². The Morgan fingerprint density at radius 2 is 1.46 bits per heavy atom. The SMILES string of the molecule is Cc1c(C)c(C)n(C2=CCC2)c1C. The van der Waals surface area contributed by atoms with Crippen molar-refractivity contribution in [1.29, 1.82) is 0 Å². The molecule has 0 amide bonds. The zero-order valence-corrected chi connectivity index (χ0v) is 8.94. The van der Waals surface area contributed by atoms with E-state index in [2.05, 4.69) is 38.3 Å². The Kier molecular flexibility index (Phi) is 1.83. The van der Waals surface area contributed by atoms with Gasteiger partial charge in [-0.2, -0.15) is 0 Å². The highest BCUT2D eigenvalue weighted by Crippen LogP contribution is 2.30. The first-order valence-electron chi connectivity index (χ1n) is 4.97. The zero-order chi connectivity index (χ0) is 9.59. The molecule has 70 valence electrons. The minimum Gasteiger partial charge on any atom is -0.322 e. The summed E-state index contributed by atoms with van der Waals surface area (Å²) in [4.78, 5) is 0. The molecule has 0 fully saturated rings. The quantitative estimate of drug-likeness (QED) is 0.616. The first-order valence-corrected chi connectivity index (χ1v) is 4.97. The first-order chi connectivity index (χ1) is 6.13. The molecule has 0 saturated heterocycles. The minimum atomic E-state index is 1.25. The van der Waals surface area contributed by atoms with Gasteiger partial charge in [0.1, 0.15) is 0 Å². The van der Waals surface area contributed by atoms with Crippen molar-refractivity contribution in [3.63, 3.8) is 0 Å². The molecule has 1 aromatic heterocycles. The molecule has 0 radical (unpaired) electrons. The minimum absolute atomic E-state index is 1.25. The highest BCUT2D eigenvalue weighted by atomic mass is 15.0. The van der Waals surface area contributed by atoms with Gasteiger partial charge < -0.3 is 4.57 Å². The second-order valence-corrected chi connectivity index (χ2v) is 3.99. The first kappa shape index (κ1) is 8.61. The molecular weight excluding hydrogens is 158 g/mol. The maximum atomic E-state index is 2.41. The van der Waals surface area contributed by atoms with Crippen molar-refractivity contribution in [2.75, 3.05) is 0 Å². The van der Waals surface area contributed by atoms with Gasteiger partial charge in [0, 0.05) is 17.1 Å². The number of rotatable bonds is 1. The molecule has 0 atom stereocenters. The zero-order valence-electron chi connectivity index (χ0n) is 8.94. The van der Waals surface area contributed by atoms with Crippen molar-refractivity contribution in [3.8, 4) is 0 Å². The molecule has 0 saturated carbocycles. The van der Waals surface area contributed by atoms with E-state index in [1.807, 2.05) is 0 Å². The van der Waals surface area contributed by atoms with Crippen molar-refractivity contribution in [2.45, 2.75) is 40.5 Å². The van der Waals surface area contributed by atoms with Crippen LogP contribution in [0.15, 0.2) is 6.08 Å². The van der Waals surface area contributed by atoms with Gasteiger partial charge in [-0.25, -0.2) is 0 Å². The molecule has 0 N–H and O–H groups in total. The van der Waals surface area contributed by atoms with Gasteiger partial charge in [-0.1, -0.05) is 6.08 Å². The Hall–Kier alpha value is -0.980. The standard InChI is InChI=1S/C12H17N/c1-8-9(2)11(4)13(10(8)3)12-6-5-7-12/h6H,5,7H2,1-4H3. The van der Waals surface area contributed by atoms with E-state index >= 15 is 0 Å². The van der Waals surface area contributed by atoms with Gasteiger partial charge in [0.25, 0.3) is 0 Å². The summed E-state index contributed by atoms with van der Waals surface area (Å²) >= 11 is 0. The normalized spacial score (nSPS) is 15.5. The number of nitrogens with zero attached hydrogens (tertiary/aromatic N) is 1. The lowest BCUT2D eigenvalue weighted by atomic mass is 10.1. The van der Waals surface area contributed by atoms with Crippen LogP contribution in [0.5, 0.6) is 0 Å². The lowest BCUT2D eigenvalue weighted by molar-refractivity contribution is 0.841. The Morgan fingerprint density at radius 1 is 1.00 bits per heavy atom. The summed E-state index contributed by atoms with van der Waals surface area (Å²) in [5, 5.41) is 0. The molecule has 2 rings (SSSR count). The molecule has 0 aliphatic heterocycles. The van der Waals surface area contributed by atoms with E-state index in [0.29, 0.717) is 0 Å². The van der Waals surface area contributed by atoms with Gasteiger partial charge in [-0.3, -0.25) is 0 Å². The largest absolute Gasteiger partial charge is 0.322 e. The Bertz CT molecular complexity index is 355. The van der Waals surface area contributed by atoms with Crippen LogP contribution in [0.3, 0.4) is 0 Å². The molecule has 1 aliphatic rings. The molecular formula is C12H17N. The molecule has 0 bridgehead atoms. The molecule has 0 aromatic carbocycles. The number of hydrogen-bond acceptors (Lipinski definition) is 0. The van der Waals surface area contributed by atoms with E-state index in [9.17, 15) is 0 Å². The number of allylic oxidation sites excluding steroid dienone is 2. The van der Waals surface area contributed by atoms with Crippen LogP contribution in [0.25, 0.3) is 5.70 Å². The predicted octanol–water partition coefficient (Wildman–Crippen LogP) is 3.36. The number of hydrogen-bond donors (Lipinski definition) is 0. The second-order valence-electron chi connectivity index (χ2n) is 3.99. The van der Waals surface area contributed by atoms with Crippen molar-refractivity contribution in [1.82, 2.24) is 4.57 Å². The third-order valence-electron chi connectivity index (χ3n) is 3.39. The van der Waals surface area contributed by atoms with Crippen LogP contribution in [0.4, 0.5) is 0 Å². The average Bonchev–Trinajstić information content (AvgIpc) is 2.19. The van der Waals surface area contributed by atoms with Gasteiger partial charge in [0.15, 0.2) is 0 Å². The molecule has 1 heteroatoms. The highest BCUT2D eigenvalue weighted by molar-refractivity contribution is 5.57. The monoisotopic (exact) mass is 175 g/mol. The van der Waals surface area contributed by atoms with E-state index in [1.165, 1.54) is 41.1 Å². The van der Waals surface area contributed by atoms with Gasteiger partial charge in [0.05, 0.1) is 0 Å². The van der Waals surface area contributed by atoms with Crippen molar-refractivity contribution in [2.24, 2.45) is 0 Å². The summed E-state index contributed by atoms with van der Waals surface area (Å²) < 4.78 is 2.41. The highest BCUT2D eigenvalue weighted by Gasteiger charge is 2.16. The van der Waals surface area contributed by atoms with E-state index in [-0.39, 0.29) is 0 Å². The van der Waals surface area contributed by atoms with Crippen LogP contribution in [-0.4, -0.2) is 4.57 Å². The van der Waals surface area contributed by atoms with Crippen LogP contribution in [0, 0.1) is 27.7 Å². The molecule has 13 heavy (non-hydrogen) atoms. The summed E-state index contributed by atoms with van der Waals surface area (Å²) in [6, 6.07) is 0.